The summed E-state index contributed by atoms with van der Waals surface area (Å²) in [5.74, 6) is -1.07. The minimum atomic E-state index is -3.82. The van der Waals surface area contributed by atoms with E-state index in [4.69, 9.17) is 15.1 Å². The molecule has 0 aliphatic carbocycles. The Balaban J connectivity index is 2.63. The fraction of sp³-hybridized carbons (Fsp3) is 0.267. The Morgan fingerprint density at radius 1 is 1.32 bits per heavy atom. The lowest BCUT2D eigenvalue weighted by atomic mass is 10.2. The van der Waals surface area contributed by atoms with Crippen LogP contribution in [0.4, 0.5) is 5.69 Å². The molecule has 134 valence electrons. The number of benzene rings is 1. The highest BCUT2D eigenvalue weighted by Crippen LogP contribution is 2.13. The SMILES string of the molecule is CCOC(=O)CCN/C=C(/C#N)C(=O)Nc1ccc(S(N)(=O)=O)cc1. The number of rotatable bonds is 8. The van der Waals surface area contributed by atoms with Crippen molar-refractivity contribution in [1.29, 1.82) is 5.26 Å². The average Bonchev–Trinajstić information content (AvgIpc) is 2.54. The van der Waals surface area contributed by atoms with E-state index in [1.165, 1.54) is 30.5 Å². The number of nitrogens with two attached hydrogens (primary N) is 1. The summed E-state index contributed by atoms with van der Waals surface area (Å²) in [4.78, 5) is 23.0. The second-order valence-electron chi connectivity index (χ2n) is 4.70. The van der Waals surface area contributed by atoms with Gasteiger partial charge in [-0.15, -0.1) is 0 Å². The summed E-state index contributed by atoms with van der Waals surface area (Å²) in [5, 5.41) is 19.1. The maximum absolute atomic E-state index is 12.0. The maximum Gasteiger partial charge on any atom is 0.307 e. The van der Waals surface area contributed by atoms with Crippen LogP contribution in [0.2, 0.25) is 0 Å². The fourth-order valence-electron chi connectivity index (χ4n) is 1.66. The molecule has 9 nitrogen and oxygen atoms in total. The Morgan fingerprint density at radius 3 is 2.48 bits per heavy atom. The molecule has 25 heavy (non-hydrogen) atoms. The molecular formula is C15H18N4O5S. The van der Waals surface area contributed by atoms with Gasteiger partial charge in [-0.3, -0.25) is 9.59 Å². The van der Waals surface area contributed by atoms with Gasteiger partial charge in [0.05, 0.1) is 17.9 Å². The van der Waals surface area contributed by atoms with Gasteiger partial charge in [0.2, 0.25) is 10.0 Å². The zero-order valence-corrected chi connectivity index (χ0v) is 14.3. The molecule has 1 aromatic carbocycles. The van der Waals surface area contributed by atoms with Crippen LogP contribution < -0.4 is 15.8 Å². The molecule has 0 aromatic heterocycles. The molecule has 0 saturated carbocycles. The molecule has 0 aliphatic rings. The summed E-state index contributed by atoms with van der Waals surface area (Å²) >= 11 is 0. The lowest BCUT2D eigenvalue weighted by Crippen LogP contribution is -2.19. The Kier molecular flexibility index (Phi) is 7.58. The zero-order chi connectivity index (χ0) is 18.9. The summed E-state index contributed by atoms with van der Waals surface area (Å²) in [6, 6.07) is 6.89. The second kappa shape index (κ2) is 9.41. The molecule has 0 radical (unpaired) electrons. The Labute approximate surface area is 145 Å². The number of sulfonamides is 1. The first-order chi connectivity index (χ1) is 11.8. The Bertz CT molecular complexity index is 794. The van der Waals surface area contributed by atoms with Crippen molar-refractivity contribution >= 4 is 27.6 Å². The van der Waals surface area contributed by atoms with Gasteiger partial charge in [-0.05, 0) is 31.2 Å². The molecule has 0 unspecified atom stereocenters. The van der Waals surface area contributed by atoms with E-state index in [1.54, 1.807) is 13.0 Å². The van der Waals surface area contributed by atoms with E-state index in [0.29, 0.717) is 5.69 Å². The smallest absolute Gasteiger partial charge is 0.307 e. The number of ether oxygens (including phenoxy) is 1. The quantitative estimate of drug-likeness (QED) is 0.258. The maximum atomic E-state index is 12.0. The number of amides is 1. The van der Waals surface area contributed by atoms with Gasteiger partial charge in [0.25, 0.3) is 5.91 Å². The van der Waals surface area contributed by atoms with Crippen LogP contribution in [0.1, 0.15) is 13.3 Å². The van der Waals surface area contributed by atoms with Crippen LogP contribution in [0, 0.1) is 11.3 Å². The first kappa shape index (κ1) is 20.1. The molecule has 1 amide bonds. The van der Waals surface area contributed by atoms with Gasteiger partial charge in [0.1, 0.15) is 11.6 Å². The van der Waals surface area contributed by atoms with Gasteiger partial charge in [-0.1, -0.05) is 0 Å². The molecule has 1 rings (SSSR count). The number of hydrogen-bond acceptors (Lipinski definition) is 7. The molecule has 10 heteroatoms. The third-order valence-electron chi connectivity index (χ3n) is 2.83. The van der Waals surface area contributed by atoms with Crippen LogP contribution in [-0.4, -0.2) is 33.4 Å². The van der Waals surface area contributed by atoms with Crippen molar-refractivity contribution < 1.29 is 22.7 Å². The molecule has 0 spiro atoms. The number of anilines is 1. The summed E-state index contributed by atoms with van der Waals surface area (Å²) in [5.41, 5.74) is 0.0875. The van der Waals surface area contributed by atoms with Gasteiger partial charge in [0, 0.05) is 18.4 Å². The van der Waals surface area contributed by atoms with Crippen molar-refractivity contribution in [3.05, 3.63) is 36.0 Å². The number of nitrogens with one attached hydrogen (secondary N) is 2. The topological polar surface area (TPSA) is 151 Å². The number of esters is 1. The fourth-order valence-corrected chi connectivity index (χ4v) is 2.17. The minimum Gasteiger partial charge on any atom is -0.466 e. The third kappa shape index (κ3) is 7.03. The summed E-state index contributed by atoms with van der Waals surface area (Å²) in [7, 11) is -3.82. The van der Waals surface area contributed by atoms with Crippen molar-refractivity contribution in [3.8, 4) is 6.07 Å². The molecule has 0 heterocycles. The summed E-state index contributed by atoms with van der Waals surface area (Å²) in [6.45, 7) is 2.18. The highest BCUT2D eigenvalue weighted by molar-refractivity contribution is 7.89. The molecule has 0 fully saturated rings. The average molecular weight is 366 g/mol. The minimum absolute atomic E-state index is 0.0952. The van der Waals surface area contributed by atoms with Crippen molar-refractivity contribution in [2.75, 3.05) is 18.5 Å². The van der Waals surface area contributed by atoms with E-state index in [-0.39, 0.29) is 36.0 Å². The van der Waals surface area contributed by atoms with Crippen LogP contribution in [0.5, 0.6) is 0 Å². The molecule has 0 atom stereocenters. The van der Waals surface area contributed by atoms with Crippen LogP contribution in [-0.2, 0) is 24.3 Å². The van der Waals surface area contributed by atoms with Crippen LogP contribution in [0.25, 0.3) is 0 Å². The van der Waals surface area contributed by atoms with E-state index in [0.717, 1.165) is 0 Å². The van der Waals surface area contributed by atoms with Crippen molar-refractivity contribution in [2.45, 2.75) is 18.2 Å². The Morgan fingerprint density at radius 2 is 1.96 bits per heavy atom. The van der Waals surface area contributed by atoms with E-state index in [9.17, 15) is 18.0 Å². The van der Waals surface area contributed by atoms with Gasteiger partial charge in [0.15, 0.2) is 0 Å². The van der Waals surface area contributed by atoms with Crippen molar-refractivity contribution in [3.63, 3.8) is 0 Å². The van der Waals surface area contributed by atoms with E-state index in [1.807, 2.05) is 0 Å². The summed E-state index contributed by atoms with van der Waals surface area (Å²) < 4.78 is 27.0. The second-order valence-corrected chi connectivity index (χ2v) is 6.26. The predicted octanol–water partition coefficient (Wildman–Crippen LogP) is 0.223. The lowest BCUT2D eigenvalue weighted by molar-refractivity contribution is -0.142. The third-order valence-corrected chi connectivity index (χ3v) is 3.76. The zero-order valence-electron chi connectivity index (χ0n) is 13.5. The molecule has 0 bridgehead atoms. The molecule has 4 N–H and O–H groups in total. The number of carbonyl (C=O) groups is 2. The number of carbonyl (C=O) groups excluding carboxylic acids is 2. The monoisotopic (exact) mass is 366 g/mol. The number of nitriles is 1. The number of hydrogen-bond donors (Lipinski definition) is 3. The first-order valence-electron chi connectivity index (χ1n) is 7.21. The highest BCUT2D eigenvalue weighted by atomic mass is 32.2. The van der Waals surface area contributed by atoms with E-state index >= 15 is 0 Å². The van der Waals surface area contributed by atoms with Gasteiger partial charge in [-0.25, -0.2) is 13.6 Å². The normalized spacial score (nSPS) is 11.3. The van der Waals surface area contributed by atoms with Crippen LogP contribution >= 0.6 is 0 Å². The largest absolute Gasteiger partial charge is 0.466 e. The Hall–Kier alpha value is -2.90. The molecule has 1 aromatic rings. The number of primary sulfonamides is 1. The highest BCUT2D eigenvalue weighted by Gasteiger charge is 2.11. The van der Waals surface area contributed by atoms with Crippen molar-refractivity contribution in [2.24, 2.45) is 5.14 Å². The van der Waals surface area contributed by atoms with Gasteiger partial charge < -0.3 is 15.4 Å². The first-order valence-corrected chi connectivity index (χ1v) is 8.76. The summed E-state index contributed by atoms with van der Waals surface area (Å²) in [6.07, 6.45) is 1.28. The van der Waals surface area contributed by atoms with Crippen LogP contribution in [0.3, 0.4) is 0 Å². The van der Waals surface area contributed by atoms with Gasteiger partial charge >= 0.3 is 5.97 Å². The van der Waals surface area contributed by atoms with Crippen molar-refractivity contribution in [1.82, 2.24) is 5.32 Å². The standard InChI is InChI=1S/C15H18N4O5S/c1-2-24-14(20)7-8-18-10-11(9-16)15(21)19-12-3-5-13(6-4-12)25(17,22)23/h3-6,10,18H,2,7-8H2,1H3,(H,19,21)(H2,17,22,23)/b11-10-. The van der Waals surface area contributed by atoms with Gasteiger partial charge in [-0.2, -0.15) is 5.26 Å². The number of nitrogens with zero attached hydrogens (tertiary/aromatic N) is 1. The van der Waals surface area contributed by atoms with Crippen LogP contribution in [0.15, 0.2) is 40.9 Å². The molecule has 0 saturated heterocycles. The van der Waals surface area contributed by atoms with E-state index < -0.39 is 15.9 Å². The van der Waals surface area contributed by atoms with E-state index in [2.05, 4.69) is 10.6 Å². The lowest BCUT2D eigenvalue weighted by Gasteiger charge is -2.06. The molecular weight excluding hydrogens is 348 g/mol. The molecule has 0 aliphatic heterocycles. The predicted molar refractivity (Wildman–Crippen MR) is 89.4 cm³/mol.